The van der Waals surface area contributed by atoms with Crippen LogP contribution in [-0.2, 0) is 10.0 Å². The molecule has 0 spiro atoms. The molecule has 0 atom stereocenters. The van der Waals surface area contributed by atoms with Crippen molar-refractivity contribution in [1.29, 1.82) is 0 Å². The highest BCUT2D eigenvalue weighted by Gasteiger charge is 2.23. The first-order valence-corrected chi connectivity index (χ1v) is 8.97. The number of fused-ring (bicyclic) bond motifs is 1. The van der Waals surface area contributed by atoms with Crippen molar-refractivity contribution < 1.29 is 17.9 Å². The number of benzene rings is 2. The van der Waals surface area contributed by atoms with Crippen LogP contribution < -0.4 is 14.2 Å². The number of ether oxygens (including phenoxy) is 2. The van der Waals surface area contributed by atoms with Gasteiger partial charge in [-0.25, -0.2) is 8.42 Å². The van der Waals surface area contributed by atoms with Crippen molar-refractivity contribution in [2.24, 2.45) is 0 Å². The molecule has 0 unspecified atom stereocenters. The van der Waals surface area contributed by atoms with Crippen LogP contribution in [0.3, 0.4) is 0 Å². The summed E-state index contributed by atoms with van der Waals surface area (Å²) in [6.45, 7) is 0.107. The third kappa shape index (κ3) is 2.99. The van der Waals surface area contributed by atoms with Crippen molar-refractivity contribution in [3.63, 3.8) is 0 Å². The molecular weight excluding hydrogens is 417 g/mol. The topological polar surface area (TPSA) is 64.6 Å². The molecule has 2 aromatic rings. The first-order valence-electron chi connectivity index (χ1n) is 5.94. The van der Waals surface area contributed by atoms with Crippen LogP contribution in [0.5, 0.6) is 11.5 Å². The van der Waals surface area contributed by atoms with Crippen LogP contribution in [0.1, 0.15) is 0 Å². The number of sulfonamides is 1. The van der Waals surface area contributed by atoms with Crippen LogP contribution in [0.15, 0.2) is 39.7 Å². The maximum absolute atomic E-state index is 12.5. The van der Waals surface area contributed by atoms with E-state index in [0.717, 1.165) is 0 Å². The lowest BCUT2D eigenvalue weighted by atomic mass is 10.3. The fraction of sp³-hybridized carbons (Fsp3) is 0.0769. The minimum absolute atomic E-state index is 0.0209. The van der Waals surface area contributed by atoms with Crippen LogP contribution in [0.4, 0.5) is 5.69 Å². The molecule has 5 nitrogen and oxygen atoms in total. The normalized spacial score (nSPS) is 13.2. The van der Waals surface area contributed by atoms with Crippen molar-refractivity contribution in [2.45, 2.75) is 4.90 Å². The highest BCUT2D eigenvalue weighted by atomic mass is 79.9. The Bertz CT molecular complexity index is 834. The van der Waals surface area contributed by atoms with Gasteiger partial charge in [0.15, 0.2) is 11.5 Å². The predicted octanol–water partition coefficient (Wildman–Crippen LogP) is 4.29. The van der Waals surface area contributed by atoms with E-state index in [9.17, 15) is 8.42 Å². The van der Waals surface area contributed by atoms with Gasteiger partial charge in [0.05, 0.1) is 15.7 Å². The van der Waals surface area contributed by atoms with Gasteiger partial charge in [-0.05, 0) is 24.3 Å². The molecule has 1 heterocycles. The molecule has 9 heteroatoms. The molecule has 0 aromatic heterocycles. The number of anilines is 1. The van der Waals surface area contributed by atoms with Gasteiger partial charge < -0.3 is 9.47 Å². The maximum Gasteiger partial charge on any atom is 0.264 e. The maximum atomic E-state index is 12.5. The molecule has 3 rings (SSSR count). The van der Waals surface area contributed by atoms with E-state index in [-0.39, 0.29) is 21.7 Å². The third-order valence-corrected chi connectivity index (χ3v) is 5.62. The van der Waals surface area contributed by atoms with E-state index < -0.39 is 10.0 Å². The zero-order chi connectivity index (χ0) is 15.9. The molecule has 2 aromatic carbocycles. The molecule has 0 saturated carbocycles. The summed E-state index contributed by atoms with van der Waals surface area (Å²) in [4.78, 5) is -0.184. The van der Waals surface area contributed by atoms with E-state index >= 15 is 0 Å². The van der Waals surface area contributed by atoms with Crippen molar-refractivity contribution in [3.8, 4) is 11.5 Å². The minimum Gasteiger partial charge on any atom is -0.454 e. The van der Waals surface area contributed by atoms with Gasteiger partial charge in [0.1, 0.15) is 4.90 Å². The third-order valence-electron chi connectivity index (χ3n) is 2.86. The summed E-state index contributed by atoms with van der Waals surface area (Å²) in [6.07, 6.45) is 0. The van der Waals surface area contributed by atoms with E-state index in [1.165, 1.54) is 18.2 Å². The molecule has 116 valence electrons. The zero-order valence-electron chi connectivity index (χ0n) is 10.8. The fourth-order valence-electron chi connectivity index (χ4n) is 1.95. The standard InChI is InChI=1S/C13H8BrCl2NO4S/c14-7-3-9(15)13(10(16)4-7)22(18,19)17-8-1-2-11-12(5-8)21-6-20-11/h1-5,17H,6H2. The first-order chi connectivity index (χ1) is 10.4. The Hall–Kier alpha value is -1.15. The van der Waals surface area contributed by atoms with E-state index in [4.69, 9.17) is 32.7 Å². The molecule has 0 saturated heterocycles. The second-order valence-corrected chi connectivity index (χ2v) is 7.72. The summed E-state index contributed by atoms with van der Waals surface area (Å²) < 4.78 is 38.4. The Morgan fingerprint density at radius 3 is 2.36 bits per heavy atom. The van der Waals surface area contributed by atoms with Gasteiger partial charge in [-0.1, -0.05) is 39.1 Å². The van der Waals surface area contributed by atoms with E-state index in [1.807, 2.05) is 0 Å². The number of hydrogen-bond donors (Lipinski definition) is 1. The van der Waals surface area contributed by atoms with Crippen LogP contribution >= 0.6 is 39.1 Å². The second kappa shape index (κ2) is 5.81. The second-order valence-electron chi connectivity index (χ2n) is 4.37. The molecule has 0 amide bonds. The fourth-order valence-corrected chi connectivity index (χ4v) is 4.94. The van der Waals surface area contributed by atoms with Gasteiger partial charge in [0, 0.05) is 10.5 Å². The number of hydrogen-bond acceptors (Lipinski definition) is 4. The highest BCUT2D eigenvalue weighted by Crippen LogP contribution is 2.37. The lowest BCUT2D eigenvalue weighted by Gasteiger charge is -2.12. The largest absolute Gasteiger partial charge is 0.454 e. The molecule has 1 aliphatic heterocycles. The van der Waals surface area contributed by atoms with Crippen LogP contribution in [0, 0.1) is 0 Å². The van der Waals surface area contributed by atoms with Gasteiger partial charge in [-0.2, -0.15) is 0 Å². The van der Waals surface area contributed by atoms with Crippen molar-refractivity contribution in [2.75, 3.05) is 11.5 Å². The molecule has 22 heavy (non-hydrogen) atoms. The average molecular weight is 425 g/mol. The Morgan fingerprint density at radius 1 is 1.05 bits per heavy atom. The number of halogens is 3. The smallest absolute Gasteiger partial charge is 0.264 e. The van der Waals surface area contributed by atoms with Crippen LogP contribution in [-0.4, -0.2) is 15.2 Å². The van der Waals surface area contributed by atoms with E-state index in [0.29, 0.717) is 21.7 Å². The molecule has 1 N–H and O–H groups in total. The van der Waals surface area contributed by atoms with Crippen LogP contribution in [0.2, 0.25) is 10.0 Å². The summed E-state index contributed by atoms with van der Waals surface area (Å²) in [6, 6.07) is 7.63. The summed E-state index contributed by atoms with van der Waals surface area (Å²) in [5, 5.41) is 0.0419. The van der Waals surface area contributed by atoms with Gasteiger partial charge in [0.2, 0.25) is 6.79 Å². The number of rotatable bonds is 3. The summed E-state index contributed by atoms with van der Waals surface area (Å²) in [5.74, 6) is 1.02. The molecular formula is C13H8BrCl2NO4S. The number of nitrogens with one attached hydrogen (secondary N) is 1. The Labute approximate surface area is 145 Å². The summed E-state index contributed by atoms with van der Waals surface area (Å²) in [7, 11) is -3.94. The van der Waals surface area contributed by atoms with Gasteiger partial charge in [0.25, 0.3) is 10.0 Å². The predicted molar refractivity (Wildman–Crippen MR) is 87.5 cm³/mol. The monoisotopic (exact) mass is 423 g/mol. The van der Waals surface area contributed by atoms with E-state index in [2.05, 4.69) is 20.7 Å². The Morgan fingerprint density at radius 2 is 1.68 bits per heavy atom. The lowest BCUT2D eigenvalue weighted by Crippen LogP contribution is -2.14. The molecule has 0 radical (unpaired) electrons. The van der Waals surface area contributed by atoms with Crippen molar-refractivity contribution >= 4 is 54.8 Å². The average Bonchev–Trinajstić information content (AvgIpc) is 2.83. The highest BCUT2D eigenvalue weighted by molar-refractivity contribution is 9.10. The molecule has 1 aliphatic rings. The lowest BCUT2D eigenvalue weighted by molar-refractivity contribution is 0.174. The van der Waals surface area contributed by atoms with E-state index in [1.54, 1.807) is 12.1 Å². The molecule has 0 fully saturated rings. The SMILES string of the molecule is O=S(=O)(Nc1ccc2c(c1)OCO2)c1c(Cl)cc(Br)cc1Cl. The molecule has 0 aliphatic carbocycles. The van der Waals surface area contributed by atoms with Gasteiger partial charge in [-0.15, -0.1) is 0 Å². The molecule has 0 bridgehead atoms. The quantitative estimate of drug-likeness (QED) is 0.798. The van der Waals surface area contributed by atoms with Gasteiger partial charge in [-0.3, -0.25) is 4.72 Å². The summed E-state index contributed by atoms with van der Waals surface area (Å²) in [5.41, 5.74) is 0.319. The Balaban J connectivity index is 1.98. The first kappa shape index (κ1) is 15.7. The van der Waals surface area contributed by atoms with Gasteiger partial charge >= 0.3 is 0 Å². The minimum atomic E-state index is -3.94. The van der Waals surface area contributed by atoms with Crippen molar-refractivity contribution in [1.82, 2.24) is 0 Å². The van der Waals surface area contributed by atoms with Crippen molar-refractivity contribution in [3.05, 3.63) is 44.8 Å². The Kier molecular flexibility index (Phi) is 4.15. The summed E-state index contributed by atoms with van der Waals surface area (Å²) >= 11 is 15.2. The van der Waals surface area contributed by atoms with Crippen LogP contribution in [0.25, 0.3) is 0 Å². The zero-order valence-corrected chi connectivity index (χ0v) is 14.7.